The summed E-state index contributed by atoms with van der Waals surface area (Å²) in [5.74, 6) is 0. The molecule has 18 heavy (non-hydrogen) atoms. The molecule has 100 valence electrons. The SMILES string of the molecule is CS(=O)(=O)c1ccccc1NCCCNC1CC1. The maximum Gasteiger partial charge on any atom is 0.177 e. The Bertz CT molecular complexity index is 495. The van der Waals surface area contributed by atoms with E-state index in [2.05, 4.69) is 10.6 Å². The van der Waals surface area contributed by atoms with Gasteiger partial charge in [-0.2, -0.15) is 0 Å². The minimum atomic E-state index is -3.16. The van der Waals surface area contributed by atoms with E-state index >= 15 is 0 Å². The van der Waals surface area contributed by atoms with Gasteiger partial charge >= 0.3 is 0 Å². The second-order valence-corrected chi connectivity index (χ2v) is 6.76. The molecule has 0 saturated heterocycles. The summed E-state index contributed by atoms with van der Waals surface area (Å²) in [6, 6.07) is 7.77. The zero-order chi connectivity index (χ0) is 13.0. The summed E-state index contributed by atoms with van der Waals surface area (Å²) in [5.41, 5.74) is 0.700. The minimum Gasteiger partial charge on any atom is -0.384 e. The molecule has 0 amide bonds. The van der Waals surface area contributed by atoms with E-state index in [4.69, 9.17) is 0 Å². The van der Waals surface area contributed by atoms with Gasteiger partial charge in [0, 0.05) is 18.8 Å². The lowest BCUT2D eigenvalue weighted by Gasteiger charge is -2.10. The molecule has 1 saturated carbocycles. The van der Waals surface area contributed by atoms with E-state index in [0.717, 1.165) is 25.6 Å². The van der Waals surface area contributed by atoms with E-state index < -0.39 is 9.84 Å². The summed E-state index contributed by atoms with van der Waals surface area (Å²) in [4.78, 5) is 0.375. The molecule has 2 N–H and O–H groups in total. The molecular formula is C13H20N2O2S. The van der Waals surface area contributed by atoms with Gasteiger partial charge in [0.2, 0.25) is 0 Å². The van der Waals surface area contributed by atoms with Gasteiger partial charge in [-0.15, -0.1) is 0 Å². The Kier molecular flexibility index (Phi) is 4.24. The van der Waals surface area contributed by atoms with Crippen molar-refractivity contribution < 1.29 is 8.42 Å². The van der Waals surface area contributed by atoms with E-state index in [1.54, 1.807) is 12.1 Å². The molecule has 2 rings (SSSR count). The van der Waals surface area contributed by atoms with Crippen LogP contribution in [0.15, 0.2) is 29.2 Å². The number of para-hydroxylation sites is 1. The lowest BCUT2D eigenvalue weighted by molar-refractivity contribution is 0.602. The molecule has 0 atom stereocenters. The van der Waals surface area contributed by atoms with Crippen LogP contribution >= 0.6 is 0 Å². The monoisotopic (exact) mass is 268 g/mol. The molecular weight excluding hydrogens is 248 g/mol. The zero-order valence-electron chi connectivity index (χ0n) is 10.6. The molecule has 4 nitrogen and oxygen atoms in total. The number of hydrogen-bond acceptors (Lipinski definition) is 4. The van der Waals surface area contributed by atoms with Gasteiger partial charge in [-0.05, 0) is 37.9 Å². The summed E-state index contributed by atoms with van der Waals surface area (Å²) >= 11 is 0. The maximum atomic E-state index is 11.6. The molecule has 0 unspecified atom stereocenters. The predicted octanol–water partition coefficient (Wildman–Crippen LogP) is 1.64. The molecule has 0 heterocycles. The molecule has 0 radical (unpaired) electrons. The molecule has 0 spiro atoms. The Balaban J connectivity index is 1.84. The van der Waals surface area contributed by atoms with Crippen LogP contribution in [0.3, 0.4) is 0 Å². The summed E-state index contributed by atoms with van der Waals surface area (Å²) in [6.07, 6.45) is 4.82. The Morgan fingerprint density at radius 1 is 1.22 bits per heavy atom. The second kappa shape index (κ2) is 5.71. The van der Waals surface area contributed by atoms with Crippen LogP contribution in [0.5, 0.6) is 0 Å². The molecule has 0 aromatic heterocycles. The van der Waals surface area contributed by atoms with Gasteiger partial charge in [0.25, 0.3) is 0 Å². The van der Waals surface area contributed by atoms with E-state index in [1.807, 2.05) is 12.1 Å². The topological polar surface area (TPSA) is 58.2 Å². The summed E-state index contributed by atoms with van der Waals surface area (Å²) in [6.45, 7) is 1.77. The highest BCUT2D eigenvalue weighted by atomic mass is 32.2. The highest BCUT2D eigenvalue weighted by molar-refractivity contribution is 7.90. The van der Waals surface area contributed by atoms with E-state index in [1.165, 1.54) is 19.1 Å². The van der Waals surface area contributed by atoms with Gasteiger partial charge in [0.15, 0.2) is 9.84 Å². The van der Waals surface area contributed by atoms with Crippen molar-refractivity contribution in [3.63, 3.8) is 0 Å². The standard InChI is InChI=1S/C13H20N2O2S/c1-18(16,17)13-6-3-2-5-12(13)15-10-4-9-14-11-7-8-11/h2-3,5-6,11,14-15H,4,7-10H2,1H3. The number of anilines is 1. The first kappa shape index (κ1) is 13.4. The predicted molar refractivity (Wildman–Crippen MR) is 73.7 cm³/mol. The van der Waals surface area contributed by atoms with E-state index in [9.17, 15) is 8.42 Å². The molecule has 1 aliphatic rings. The third kappa shape index (κ3) is 3.99. The molecule has 1 aliphatic carbocycles. The van der Waals surface area contributed by atoms with E-state index in [0.29, 0.717) is 10.6 Å². The Morgan fingerprint density at radius 3 is 2.61 bits per heavy atom. The Hall–Kier alpha value is -1.07. The third-order valence-electron chi connectivity index (χ3n) is 2.97. The molecule has 5 heteroatoms. The van der Waals surface area contributed by atoms with E-state index in [-0.39, 0.29) is 0 Å². The molecule has 0 aliphatic heterocycles. The first-order valence-corrected chi connectivity index (χ1v) is 8.23. The van der Waals surface area contributed by atoms with Crippen LogP contribution in [0, 0.1) is 0 Å². The fourth-order valence-corrected chi connectivity index (χ4v) is 2.71. The maximum absolute atomic E-state index is 11.6. The van der Waals surface area contributed by atoms with Crippen LogP contribution in [0.1, 0.15) is 19.3 Å². The van der Waals surface area contributed by atoms with Crippen LogP contribution in [0.4, 0.5) is 5.69 Å². The van der Waals surface area contributed by atoms with Crippen LogP contribution in [-0.4, -0.2) is 33.8 Å². The van der Waals surface area contributed by atoms with Crippen molar-refractivity contribution in [2.75, 3.05) is 24.7 Å². The third-order valence-corrected chi connectivity index (χ3v) is 4.12. The summed E-state index contributed by atoms with van der Waals surface area (Å²) in [7, 11) is -3.16. The molecule has 1 fully saturated rings. The Labute approximate surface area is 109 Å². The first-order chi connectivity index (χ1) is 8.57. The average Bonchev–Trinajstić information content (AvgIpc) is 3.12. The average molecular weight is 268 g/mol. The van der Waals surface area contributed by atoms with Gasteiger partial charge in [-0.1, -0.05) is 12.1 Å². The van der Waals surface area contributed by atoms with Crippen LogP contribution in [0.2, 0.25) is 0 Å². The first-order valence-electron chi connectivity index (χ1n) is 6.34. The van der Waals surface area contributed by atoms with Crippen molar-refractivity contribution in [2.24, 2.45) is 0 Å². The van der Waals surface area contributed by atoms with Gasteiger partial charge in [-0.3, -0.25) is 0 Å². The van der Waals surface area contributed by atoms with Gasteiger partial charge in [0.1, 0.15) is 0 Å². The summed E-state index contributed by atoms with van der Waals surface area (Å²) in [5, 5.41) is 6.62. The summed E-state index contributed by atoms with van der Waals surface area (Å²) < 4.78 is 23.2. The number of benzene rings is 1. The highest BCUT2D eigenvalue weighted by Crippen LogP contribution is 2.20. The van der Waals surface area contributed by atoms with Crippen LogP contribution in [0.25, 0.3) is 0 Å². The number of rotatable bonds is 7. The minimum absolute atomic E-state index is 0.375. The number of nitrogens with one attached hydrogen (secondary N) is 2. The highest BCUT2D eigenvalue weighted by Gasteiger charge is 2.19. The fraction of sp³-hybridized carbons (Fsp3) is 0.538. The second-order valence-electron chi connectivity index (χ2n) is 4.78. The zero-order valence-corrected chi connectivity index (χ0v) is 11.5. The van der Waals surface area contributed by atoms with Crippen molar-refractivity contribution in [1.82, 2.24) is 5.32 Å². The lowest BCUT2D eigenvalue weighted by atomic mass is 10.3. The number of sulfone groups is 1. The van der Waals surface area contributed by atoms with Gasteiger partial charge < -0.3 is 10.6 Å². The lowest BCUT2D eigenvalue weighted by Crippen LogP contribution is -2.20. The van der Waals surface area contributed by atoms with Crippen LogP contribution in [-0.2, 0) is 9.84 Å². The largest absolute Gasteiger partial charge is 0.384 e. The Morgan fingerprint density at radius 2 is 1.94 bits per heavy atom. The normalized spacial score (nSPS) is 15.6. The van der Waals surface area contributed by atoms with Crippen molar-refractivity contribution in [3.05, 3.63) is 24.3 Å². The van der Waals surface area contributed by atoms with Crippen LogP contribution < -0.4 is 10.6 Å². The van der Waals surface area contributed by atoms with Gasteiger partial charge in [-0.25, -0.2) is 8.42 Å². The molecule has 1 aromatic carbocycles. The van der Waals surface area contributed by atoms with Crippen molar-refractivity contribution in [1.29, 1.82) is 0 Å². The number of hydrogen-bond donors (Lipinski definition) is 2. The molecule has 1 aromatic rings. The fourth-order valence-electron chi connectivity index (χ4n) is 1.84. The smallest absolute Gasteiger partial charge is 0.177 e. The van der Waals surface area contributed by atoms with Crippen molar-refractivity contribution in [3.8, 4) is 0 Å². The molecule has 0 bridgehead atoms. The van der Waals surface area contributed by atoms with Crippen molar-refractivity contribution in [2.45, 2.75) is 30.2 Å². The van der Waals surface area contributed by atoms with Crippen molar-refractivity contribution >= 4 is 15.5 Å². The quantitative estimate of drug-likeness (QED) is 0.738. The van der Waals surface area contributed by atoms with Gasteiger partial charge in [0.05, 0.1) is 10.6 Å².